The van der Waals surface area contributed by atoms with Gasteiger partial charge >= 0.3 is 11.9 Å². The molecule has 12 nitrogen and oxygen atoms in total. The summed E-state index contributed by atoms with van der Waals surface area (Å²) in [6.45, 7) is -0.851. The molecule has 0 aromatic carbocycles. The van der Waals surface area contributed by atoms with Gasteiger partial charge < -0.3 is 51.7 Å². The Morgan fingerprint density at radius 2 is 1.84 bits per heavy atom. The minimum absolute atomic E-state index is 0.0102. The molecule has 0 aliphatic carbocycles. The number of aliphatic hydroxyl groups excluding tert-OH is 4. The highest BCUT2D eigenvalue weighted by Crippen LogP contribution is 2.39. The molecule has 1 aliphatic heterocycles. The van der Waals surface area contributed by atoms with E-state index in [9.17, 15) is 38.8 Å². The molecule has 1 saturated heterocycles. The Labute approximate surface area is 177 Å². The number of hydrogen-bond donors (Lipinski definition) is 9. The number of unbranched alkanes of at least 4 members (excludes halogenated alkanes) is 1. The standard InChI is InChI=1S/C17H31F2N3O9/c1-8(15(28)29)22-14(27)9(20)4-2-3-5-21-7-16(18,19)17(30)13(26)12(25)11(24)10(6-23)31-17/h8-13,21,23-26,30H,2-7,20H2,1H3,(H,22,27)(H,28,29)/t8-,9-,10+,11-,12-,13+,17+/m0/s1. The third-order valence-corrected chi connectivity index (χ3v) is 5.02. The van der Waals surface area contributed by atoms with E-state index < -0.39 is 73.2 Å². The van der Waals surface area contributed by atoms with Crippen LogP contribution in [0.5, 0.6) is 0 Å². The highest BCUT2D eigenvalue weighted by atomic mass is 19.3. The van der Waals surface area contributed by atoms with Crippen LogP contribution in [0.3, 0.4) is 0 Å². The summed E-state index contributed by atoms with van der Waals surface area (Å²) < 4.78 is 33.6. The Hall–Kier alpha value is -1.52. The summed E-state index contributed by atoms with van der Waals surface area (Å²) in [7, 11) is 0. The van der Waals surface area contributed by atoms with Gasteiger partial charge in [-0.3, -0.25) is 9.59 Å². The summed E-state index contributed by atoms with van der Waals surface area (Å²) in [4.78, 5) is 22.4. The number of carbonyl (C=O) groups is 2. The van der Waals surface area contributed by atoms with Crippen molar-refractivity contribution in [3.05, 3.63) is 0 Å². The molecule has 31 heavy (non-hydrogen) atoms. The molecule has 1 heterocycles. The van der Waals surface area contributed by atoms with E-state index in [1.165, 1.54) is 6.92 Å². The van der Waals surface area contributed by atoms with E-state index in [0.717, 1.165) is 0 Å². The predicted molar refractivity (Wildman–Crippen MR) is 99.8 cm³/mol. The highest BCUT2D eigenvalue weighted by Gasteiger charge is 2.65. The minimum atomic E-state index is -4.11. The average Bonchev–Trinajstić information content (AvgIpc) is 2.70. The first-order chi connectivity index (χ1) is 14.3. The van der Waals surface area contributed by atoms with Gasteiger partial charge in [-0.05, 0) is 26.3 Å². The molecule has 0 saturated carbocycles. The van der Waals surface area contributed by atoms with Crippen molar-refractivity contribution in [1.82, 2.24) is 10.6 Å². The van der Waals surface area contributed by atoms with Crippen LogP contribution in [0, 0.1) is 0 Å². The van der Waals surface area contributed by atoms with Gasteiger partial charge in [-0.2, -0.15) is 8.78 Å². The Morgan fingerprint density at radius 1 is 1.23 bits per heavy atom. The molecule has 0 radical (unpaired) electrons. The average molecular weight is 459 g/mol. The van der Waals surface area contributed by atoms with Crippen molar-refractivity contribution in [2.45, 2.75) is 74.4 Å². The number of aliphatic hydroxyl groups is 5. The fourth-order valence-corrected chi connectivity index (χ4v) is 2.96. The van der Waals surface area contributed by atoms with Gasteiger partial charge in [-0.15, -0.1) is 0 Å². The molecule has 1 amide bonds. The van der Waals surface area contributed by atoms with Crippen LogP contribution >= 0.6 is 0 Å². The summed E-state index contributed by atoms with van der Waals surface area (Å²) in [5, 5.41) is 61.6. The maximum atomic E-state index is 14.5. The molecule has 0 aromatic rings. The van der Waals surface area contributed by atoms with E-state index in [-0.39, 0.29) is 13.0 Å². The van der Waals surface area contributed by atoms with Gasteiger partial charge in [0.1, 0.15) is 30.5 Å². The minimum Gasteiger partial charge on any atom is -0.480 e. The lowest BCUT2D eigenvalue weighted by atomic mass is 9.88. The third-order valence-electron chi connectivity index (χ3n) is 5.02. The molecule has 182 valence electrons. The van der Waals surface area contributed by atoms with E-state index >= 15 is 0 Å². The molecule has 0 unspecified atom stereocenters. The second-order valence-corrected chi connectivity index (χ2v) is 7.51. The van der Waals surface area contributed by atoms with Crippen molar-refractivity contribution in [2.24, 2.45) is 5.73 Å². The number of hydrogen-bond acceptors (Lipinski definition) is 10. The fourth-order valence-electron chi connectivity index (χ4n) is 2.96. The number of carboxylic acids is 1. The van der Waals surface area contributed by atoms with E-state index in [0.29, 0.717) is 12.8 Å². The third kappa shape index (κ3) is 6.73. The summed E-state index contributed by atoms with van der Waals surface area (Å²) in [6, 6.07) is -2.08. The van der Waals surface area contributed by atoms with Gasteiger partial charge in [-0.25, -0.2) is 0 Å². The van der Waals surface area contributed by atoms with Crippen LogP contribution in [0.15, 0.2) is 0 Å². The molecule has 0 bridgehead atoms. The molecule has 0 aromatic heterocycles. The second kappa shape index (κ2) is 11.4. The number of ether oxygens (including phenoxy) is 1. The topological polar surface area (TPSA) is 215 Å². The first-order valence-electron chi connectivity index (χ1n) is 9.71. The van der Waals surface area contributed by atoms with E-state index in [1.807, 2.05) is 0 Å². The van der Waals surface area contributed by atoms with Crippen molar-refractivity contribution in [2.75, 3.05) is 19.7 Å². The van der Waals surface area contributed by atoms with Gasteiger partial charge in [0.2, 0.25) is 5.91 Å². The SMILES string of the molecule is C[C@H](NC(=O)[C@@H](N)CCCCNCC(F)(F)[C@]1(O)O[C@H](CO)[C@H](O)[C@H](O)[C@H]1O)C(=O)O. The largest absolute Gasteiger partial charge is 0.480 e. The van der Waals surface area contributed by atoms with Crippen LogP contribution in [-0.4, -0.2) is 110 Å². The molecule has 1 fully saturated rings. The smallest absolute Gasteiger partial charge is 0.325 e. The number of nitrogens with one attached hydrogen (secondary N) is 2. The lowest BCUT2D eigenvalue weighted by molar-refractivity contribution is -0.409. The summed E-state index contributed by atoms with van der Waals surface area (Å²) in [5.74, 6) is -9.52. The normalized spacial score (nSPS) is 31.1. The van der Waals surface area contributed by atoms with Crippen LogP contribution in [0.1, 0.15) is 26.2 Å². The Bertz CT molecular complexity index is 613. The number of nitrogens with two attached hydrogens (primary N) is 1. The number of halogens is 2. The van der Waals surface area contributed by atoms with Gasteiger partial charge in [0.05, 0.1) is 19.2 Å². The zero-order chi connectivity index (χ0) is 24.0. The van der Waals surface area contributed by atoms with Crippen molar-refractivity contribution in [3.63, 3.8) is 0 Å². The molecule has 7 atom stereocenters. The van der Waals surface area contributed by atoms with Crippen molar-refractivity contribution in [3.8, 4) is 0 Å². The van der Waals surface area contributed by atoms with Crippen LogP contribution < -0.4 is 16.4 Å². The first kappa shape index (κ1) is 27.5. The van der Waals surface area contributed by atoms with E-state index in [2.05, 4.69) is 15.4 Å². The molecular weight excluding hydrogens is 428 g/mol. The first-order valence-corrected chi connectivity index (χ1v) is 9.71. The molecule has 14 heteroatoms. The second-order valence-electron chi connectivity index (χ2n) is 7.51. The van der Waals surface area contributed by atoms with Crippen LogP contribution in [0.25, 0.3) is 0 Å². The number of aliphatic carboxylic acids is 1. The van der Waals surface area contributed by atoms with E-state index in [4.69, 9.17) is 15.9 Å². The fraction of sp³-hybridized carbons (Fsp3) is 0.882. The quantitative estimate of drug-likeness (QED) is 0.130. The van der Waals surface area contributed by atoms with Gasteiger partial charge in [0.15, 0.2) is 0 Å². The number of rotatable bonds is 12. The van der Waals surface area contributed by atoms with Crippen molar-refractivity contribution >= 4 is 11.9 Å². The predicted octanol–water partition coefficient (Wildman–Crippen LogP) is -3.54. The highest BCUT2D eigenvalue weighted by molar-refractivity contribution is 5.86. The molecule has 1 rings (SSSR count). The monoisotopic (exact) mass is 459 g/mol. The van der Waals surface area contributed by atoms with Crippen LogP contribution in [-0.2, 0) is 14.3 Å². The summed E-state index contributed by atoms with van der Waals surface area (Å²) in [5.41, 5.74) is 5.64. The number of alkyl halides is 2. The number of carboxylic acid groups (broad SMARTS) is 1. The molecule has 10 N–H and O–H groups in total. The zero-order valence-corrected chi connectivity index (χ0v) is 16.9. The summed E-state index contributed by atoms with van der Waals surface area (Å²) >= 11 is 0. The van der Waals surface area contributed by atoms with Crippen LogP contribution in [0.4, 0.5) is 8.78 Å². The Kier molecular flexibility index (Phi) is 10.1. The van der Waals surface area contributed by atoms with Gasteiger partial charge in [0, 0.05) is 0 Å². The lowest BCUT2D eigenvalue weighted by Gasteiger charge is -2.48. The lowest BCUT2D eigenvalue weighted by Crippen LogP contribution is -2.72. The molecule has 1 aliphatic rings. The maximum Gasteiger partial charge on any atom is 0.325 e. The Morgan fingerprint density at radius 3 is 2.39 bits per heavy atom. The molecular formula is C17H31F2N3O9. The van der Waals surface area contributed by atoms with E-state index in [1.54, 1.807) is 0 Å². The van der Waals surface area contributed by atoms with Gasteiger partial charge in [0.25, 0.3) is 5.79 Å². The zero-order valence-electron chi connectivity index (χ0n) is 16.9. The number of amides is 1. The summed E-state index contributed by atoms with van der Waals surface area (Å²) in [6.07, 6.45) is -7.49. The Balaban J connectivity index is 2.45. The molecule has 0 spiro atoms. The van der Waals surface area contributed by atoms with Crippen LogP contribution in [0.2, 0.25) is 0 Å². The maximum absolute atomic E-state index is 14.5. The number of carbonyl (C=O) groups excluding carboxylic acids is 1. The van der Waals surface area contributed by atoms with Crippen molar-refractivity contribution < 1.29 is 53.7 Å². The van der Waals surface area contributed by atoms with Gasteiger partial charge in [-0.1, -0.05) is 6.42 Å². The van der Waals surface area contributed by atoms with Crippen molar-refractivity contribution in [1.29, 1.82) is 0 Å².